The highest BCUT2D eigenvalue weighted by Crippen LogP contribution is 2.30. The first-order valence-electron chi connectivity index (χ1n) is 6.90. The first kappa shape index (κ1) is 14.2. The van der Waals surface area contributed by atoms with Crippen LogP contribution in [0.5, 0.6) is 0 Å². The van der Waals surface area contributed by atoms with Crippen molar-refractivity contribution in [2.45, 2.75) is 19.4 Å². The lowest BCUT2D eigenvalue weighted by Gasteiger charge is -2.19. The van der Waals surface area contributed by atoms with Gasteiger partial charge in [0, 0.05) is 25.0 Å². The second kappa shape index (κ2) is 5.95. The molecule has 0 spiro atoms. The summed E-state index contributed by atoms with van der Waals surface area (Å²) in [4.78, 5) is 4.21. The predicted molar refractivity (Wildman–Crippen MR) is 84.0 cm³/mol. The van der Waals surface area contributed by atoms with Crippen LogP contribution in [-0.4, -0.2) is 30.9 Å². The zero-order valence-electron chi connectivity index (χ0n) is 12.0. The smallest absolute Gasteiger partial charge is 0.0896 e. The molecule has 3 aromatic rings. The van der Waals surface area contributed by atoms with Gasteiger partial charge in [0.1, 0.15) is 0 Å². The summed E-state index contributed by atoms with van der Waals surface area (Å²) in [6.07, 6.45) is 10.2. The Labute approximate surface area is 131 Å². The minimum atomic E-state index is 0.0218. The highest BCUT2D eigenvalue weighted by molar-refractivity contribution is 9.10. The van der Waals surface area contributed by atoms with Gasteiger partial charge in [-0.3, -0.25) is 9.67 Å². The van der Waals surface area contributed by atoms with E-state index in [9.17, 15) is 0 Å². The lowest BCUT2D eigenvalue weighted by molar-refractivity contribution is 0.554. The Morgan fingerprint density at radius 2 is 2.14 bits per heavy atom. The topological polar surface area (TPSA) is 60.0 Å². The van der Waals surface area contributed by atoms with Gasteiger partial charge in [-0.15, -0.1) is 0 Å². The van der Waals surface area contributed by atoms with Crippen LogP contribution in [0.15, 0.2) is 35.5 Å². The quantitative estimate of drug-likeness (QED) is 0.768. The fraction of sp³-hybridized carbons (Fsp3) is 0.357. The second-order valence-corrected chi connectivity index (χ2v) is 5.75. The van der Waals surface area contributed by atoms with Crippen molar-refractivity contribution in [3.8, 4) is 0 Å². The zero-order chi connectivity index (χ0) is 14.8. The summed E-state index contributed by atoms with van der Waals surface area (Å²) in [5.41, 5.74) is 3.18. The first-order chi connectivity index (χ1) is 10.2. The van der Waals surface area contributed by atoms with E-state index in [-0.39, 0.29) is 6.04 Å². The van der Waals surface area contributed by atoms with Crippen LogP contribution in [0.3, 0.4) is 0 Å². The van der Waals surface area contributed by atoms with Gasteiger partial charge in [-0.1, -0.05) is 6.92 Å². The summed E-state index contributed by atoms with van der Waals surface area (Å²) < 4.78 is 4.71. The molecule has 7 heteroatoms. The number of hydrogen-bond donors (Lipinski definition) is 1. The van der Waals surface area contributed by atoms with E-state index in [0.717, 1.165) is 34.2 Å². The van der Waals surface area contributed by atoms with E-state index < -0.39 is 0 Å². The van der Waals surface area contributed by atoms with Gasteiger partial charge < -0.3 is 5.32 Å². The molecule has 0 aliphatic rings. The molecule has 0 amide bonds. The van der Waals surface area contributed by atoms with E-state index in [4.69, 9.17) is 0 Å². The van der Waals surface area contributed by atoms with Crippen LogP contribution in [0, 0.1) is 0 Å². The molecule has 0 radical (unpaired) electrons. The maximum absolute atomic E-state index is 4.41. The van der Waals surface area contributed by atoms with Crippen LogP contribution in [0.25, 0.3) is 5.52 Å². The maximum Gasteiger partial charge on any atom is 0.0896 e. The number of rotatable bonds is 5. The summed E-state index contributed by atoms with van der Waals surface area (Å²) in [6, 6.07) is 0.0218. The normalized spacial score (nSPS) is 12.9. The number of fused-ring (bicyclic) bond motifs is 1. The lowest BCUT2D eigenvalue weighted by Crippen LogP contribution is -2.25. The standard InChI is InChI=1S/C14H17BrN6/c1-3-4-17-13(14-11(15)8-18-20(14)2)10-7-19-21-6-5-16-9-12(10)21/h5-9,13,17H,3-4H2,1-2H3. The van der Waals surface area contributed by atoms with Crippen LogP contribution in [-0.2, 0) is 7.05 Å². The van der Waals surface area contributed by atoms with Gasteiger partial charge in [0.15, 0.2) is 0 Å². The van der Waals surface area contributed by atoms with Gasteiger partial charge in [0.05, 0.1) is 40.3 Å². The average Bonchev–Trinajstić information content (AvgIpc) is 3.06. The van der Waals surface area contributed by atoms with Crippen molar-refractivity contribution >= 4 is 21.4 Å². The first-order valence-corrected chi connectivity index (χ1v) is 7.69. The van der Waals surface area contributed by atoms with E-state index in [1.807, 2.05) is 41.0 Å². The van der Waals surface area contributed by atoms with Gasteiger partial charge in [-0.2, -0.15) is 10.2 Å². The van der Waals surface area contributed by atoms with Crippen molar-refractivity contribution in [2.24, 2.45) is 7.05 Å². The Morgan fingerprint density at radius 3 is 2.86 bits per heavy atom. The number of hydrogen-bond acceptors (Lipinski definition) is 4. The highest BCUT2D eigenvalue weighted by Gasteiger charge is 2.23. The Morgan fingerprint density at radius 1 is 1.29 bits per heavy atom. The molecule has 3 aromatic heterocycles. The molecule has 6 nitrogen and oxygen atoms in total. The SMILES string of the molecule is CCCNC(c1cnn2ccncc12)c1c(Br)cnn1C. The fourth-order valence-electron chi connectivity index (χ4n) is 2.46. The molecular formula is C14H17BrN6. The van der Waals surface area contributed by atoms with Gasteiger partial charge in [-0.05, 0) is 28.9 Å². The molecule has 1 N–H and O–H groups in total. The third kappa shape index (κ3) is 2.58. The second-order valence-electron chi connectivity index (χ2n) is 4.89. The van der Waals surface area contributed by atoms with Gasteiger partial charge >= 0.3 is 0 Å². The molecule has 3 heterocycles. The van der Waals surface area contributed by atoms with Gasteiger partial charge in [0.25, 0.3) is 0 Å². The molecule has 3 rings (SSSR count). The van der Waals surface area contributed by atoms with E-state index in [0.29, 0.717) is 0 Å². The fourth-order valence-corrected chi connectivity index (χ4v) is 3.04. The zero-order valence-corrected chi connectivity index (χ0v) is 13.6. The van der Waals surface area contributed by atoms with Crippen LogP contribution in [0.1, 0.15) is 30.6 Å². The summed E-state index contributed by atoms with van der Waals surface area (Å²) >= 11 is 3.59. The number of nitrogens with zero attached hydrogens (tertiary/aromatic N) is 5. The Hall–Kier alpha value is -1.73. The molecule has 0 saturated heterocycles. The Balaban J connectivity index is 2.11. The molecule has 0 saturated carbocycles. The highest BCUT2D eigenvalue weighted by atomic mass is 79.9. The molecule has 1 unspecified atom stereocenters. The molecule has 110 valence electrons. The summed E-state index contributed by atoms with van der Waals surface area (Å²) in [5.74, 6) is 0. The van der Waals surface area contributed by atoms with Gasteiger partial charge in [0.2, 0.25) is 0 Å². The minimum absolute atomic E-state index is 0.0218. The number of nitrogens with one attached hydrogen (secondary N) is 1. The Kier molecular flexibility index (Phi) is 4.03. The molecular weight excluding hydrogens is 332 g/mol. The van der Waals surface area contributed by atoms with E-state index in [2.05, 4.69) is 43.4 Å². The number of halogens is 1. The third-order valence-corrected chi connectivity index (χ3v) is 4.09. The van der Waals surface area contributed by atoms with Gasteiger partial charge in [-0.25, -0.2) is 4.52 Å². The van der Waals surface area contributed by atoms with Crippen molar-refractivity contribution < 1.29 is 0 Å². The number of aryl methyl sites for hydroxylation is 1. The van der Waals surface area contributed by atoms with Crippen LogP contribution < -0.4 is 5.32 Å². The molecule has 0 aliphatic heterocycles. The van der Waals surface area contributed by atoms with Crippen molar-refractivity contribution in [1.29, 1.82) is 0 Å². The van der Waals surface area contributed by atoms with Crippen LogP contribution in [0.4, 0.5) is 0 Å². The van der Waals surface area contributed by atoms with Crippen molar-refractivity contribution in [1.82, 2.24) is 29.7 Å². The number of aromatic nitrogens is 5. The largest absolute Gasteiger partial charge is 0.305 e. The van der Waals surface area contributed by atoms with E-state index >= 15 is 0 Å². The van der Waals surface area contributed by atoms with Crippen LogP contribution in [0.2, 0.25) is 0 Å². The van der Waals surface area contributed by atoms with Crippen molar-refractivity contribution in [2.75, 3.05) is 6.54 Å². The van der Waals surface area contributed by atoms with E-state index in [1.54, 1.807) is 6.20 Å². The Bertz CT molecular complexity index is 727. The molecule has 0 aromatic carbocycles. The monoisotopic (exact) mass is 348 g/mol. The summed E-state index contributed by atoms with van der Waals surface area (Å²) in [7, 11) is 1.95. The molecule has 21 heavy (non-hydrogen) atoms. The molecule has 1 atom stereocenters. The minimum Gasteiger partial charge on any atom is -0.305 e. The van der Waals surface area contributed by atoms with Crippen LogP contribution >= 0.6 is 15.9 Å². The third-order valence-electron chi connectivity index (χ3n) is 3.48. The molecule has 0 fully saturated rings. The summed E-state index contributed by atoms with van der Waals surface area (Å²) in [6.45, 7) is 3.07. The van der Waals surface area contributed by atoms with E-state index in [1.165, 1.54) is 0 Å². The van der Waals surface area contributed by atoms with Crippen molar-refractivity contribution in [3.05, 3.63) is 46.7 Å². The molecule has 0 bridgehead atoms. The molecule has 0 aliphatic carbocycles. The average molecular weight is 349 g/mol. The lowest BCUT2D eigenvalue weighted by atomic mass is 10.1. The predicted octanol–water partition coefficient (Wildman–Crippen LogP) is 2.31. The maximum atomic E-state index is 4.41. The summed E-state index contributed by atoms with van der Waals surface area (Å²) in [5, 5.41) is 12.3. The van der Waals surface area contributed by atoms with Crippen molar-refractivity contribution in [3.63, 3.8) is 0 Å².